The van der Waals surface area contributed by atoms with Crippen LogP contribution in [0, 0.1) is 13.8 Å². The number of carbonyl (C=O) groups is 2. The van der Waals surface area contributed by atoms with Crippen LogP contribution in [0.15, 0.2) is 5.16 Å². The number of ether oxygens (including phenoxy) is 1. The van der Waals surface area contributed by atoms with Crippen LogP contribution in [0.4, 0.5) is 13.2 Å². The van der Waals surface area contributed by atoms with Crippen molar-refractivity contribution in [3.05, 3.63) is 28.3 Å². The molecule has 142 valence electrons. The quantitative estimate of drug-likeness (QED) is 0.463. The molecule has 0 saturated carbocycles. The third-order valence-corrected chi connectivity index (χ3v) is 4.64. The average molecular weight is 390 g/mol. The molecule has 0 bridgehead atoms. The fourth-order valence-electron chi connectivity index (χ4n) is 2.43. The highest BCUT2D eigenvalue weighted by Gasteiger charge is 2.37. The SMILES string of the molecule is CCOC(=O)c1c(C)[nH]c(C(=O)CSc2nnc(C(F)(F)F)n2C)c1C. The Morgan fingerprint density at radius 3 is 2.46 bits per heavy atom. The van der Waals surface area contributed by atoms with Crippen LogP contribution >= 0.6 is 11.8 Å². The molecule has 2 aromatic rings. The van der Waals surface area contributed by atoms with Crippen molar-refractivity contribution in [2.24, 2.45) is 7.05 Å². The summed E-state index contributed by atoms with van der Waals surface area (Å²) in [5, 5.41) is 6.54. The number of aromatic nitrogens is 4. The summed E-state index contributed by atoms with van der Waals surface area (Å²) in [4.78, 5) is 27.2. The predicted molar refractivity (Wildman–Crippen MR) is 87.3 cm³/mol. The highest BCUT2D eigenvalue weighted by Crippen LogP contribution is 2.30. The molecule has 0 aliphatic carbocycles. The van der Waals surface area contributed by atoms with Crippen LogP contribution in [-0.4, -0.2) is 43.9 Å². The van der Waals surface area contributed by atoms with Gasteiger partial charge in [0.05, 0.1) is 23.6 Å². The molecular formula is C15H17F3N4O3S. The minimum absolute atomic E-state index is 0.0303. The van der Waals surface area contributed by atoms with E-state index in [1.54, 1.807) is 20.8 Å². The van der Waals surface area contributed by atoms with E-state index in [4.69, 9.17) is 4.74 Å². The molecule has 0 saturated heterocycles. The second kappa shape index (κ2) is 7.52. The smallest absolute Gasteiger partial charge is 0.451 e. The molecule has 0 unspecified atom stereocenters. The third-order valence-electron chi connectivity index (χ3n) is 3.62. The van der Waals surface area contributed by atoms with Gasteiger partial charge in [0, 0.05) is 12.7 Å². The first kappa shape index (κ1) is 20.0. The Labute approximate surface area is 151 Å². The van der Waals surface area contributed by atoms with E-state index in [9.17, 15) is 22.8 Å². The van der Waals surface area contributed by atoms with Gasteiger partial charge in [-0.1, -0.05) is 11.8 Å². The summed E-state index contributed by atoms with van der Waals surface area (Å²) in [6.45, 7) is 5.13. The number of halogens is 3. The lowest BCUT2D eigenvalue weighted by atomic mass is 10.1. The standard InChI is InChI=1S/C15H17F3N4O3S/c1-5-25-12(24)10-7(2)11(19-8(10)3)9(23)6-26-14-21-20-13(22(14)4)15(16,17)18/h19H,5-6H2,1-4H3. The van der Waals surface area contributed by atoms with E-state index in [0.29, 0.717) is 16.8 Å². The van der Waals surface area contributed by atoms with Gasteiger partial charge in [0.25, 0.3) is 0 Å². The zero-order valence-corrected chi connectivity index (χ0v) is 15.3. The molecule has 2 aromatic heterocycles. The van der Waals surface area contributed by atoms with Crippen molar-refractivity contribution >= 4 is 23.5 Å². The number of nitrogens with zero attached hydrogens (tertiary/aromatic N) is 3. The number of nitrogens with one attached hydrogen (secondary N) is 1. The van der Waals surface area contributed by atoms with Crippen LogP contribution in [0.2, 0.25) is 0 Å². The van der Waals surface area contributed by atoms with E-state index in [-0.39, 0.29) is 29.0 Å². The number of ketones is 1. The maximum absolute atomic E-state index is 12.7. The van der Waals surface area contributed by atoms with Gasteiger partial charge in [-0.3, -0.25) is 4.79 Å². The van der Waals surface area contributed by atoms with E-state index < -0.39 is 18.0 Å². The summed E-state index contributed by atoms with van der Waals surface area (Å²) in [6.07, 6.45) is -4.62. The number of H-pyrrole nitrogens is 1. The van der Waals surface area contributed by atoms with Gasteiger partial charge in [-0.15, -0.1) is 10.2 Å². The van der Waals surface area contributed by atoms with Gasteiger partial charge in [0.2, 0.25) is 5.82 Å². The third kappa shape index (κ3) is 3.92. The number of hydrogen-bond acceptors (Lipinski definition) is 6. The number of aromatic amines is 1. The number of thioether (sulfide) groups is 1. The average Bonchev–Trinajstić information content (AvgIpc) is 3.05. The molecule has 0 aliphatic heterocycles. The van der Waals surface area contributed by atoms with Crippen LogP contribution in [0.3, 0.4) is 0 Å². The largest absolute Gasteiger partial charge is 0.462 e. The van der Waals surface area contributed by atoms with Crippen molar-refractivity contribution in [2.75, 3.05) is 12.4 Å². The van der Waals surface area contributed by atoms with Crippen molar-refractivity contribution in [3.63, 3.8) is 0 Å². The van der Waals surface area contributed by atoms with E-state index in [1.165, 1.54) is 7.05 Å². The highest BCUT2D eigenvalue weighted by molar-refractivity contribution is 7.99. The van der Waals surface area contributed by atoms with Crippen molar-refractivity contribution in [1.29, 1.82) is 0 Å². The fraction of sp³-hybridized carbons (Fsp3) is 0.467. The molecule has 1 N–H and O–H groups in total. The minimum atomic E-state index is -4.62. The molecule has 11 heteroatoms. The Bertz CT molecular complexity index is 842. The van der Waals surface area contributed by atoms with E-state index in [0.717, 1.165) is 16.3 Å². The lowest BCUT2D eigenvalue weighted by Gasteiger charge is -2.06. The van der Waals surface area contributed by atoms with Crippen LogP contribution in [0.25, 0.3) is 0 Å². The molecular weight excluding hydrogens is 373 g/mol. The first-order valence-electron chi connectivity index (χ1n) is 7.56. The number of carbonyl (C=O) groups excluding carboxylic acids is 2. The molecule has 0 amide bonds. The van der Waals surface area contributed by atoms with Gasteiger partial charge in [0.1, 0.15) is 0 Å². The number of Topliss-reactive ketones (excluding diaryl/α,β-unsaturated/α-hetero) is 1. The van der Waals surface area contributed by atoms with E-state index in [2.05, 4.69) is 15.2 Å². The van der Waals surface area contributed by atoms with Gasteiger partial charge in [-0.2, -0.15) is 13.2 Å². The molecule has 0 aliphatic rings. The highest BCUT2D eigenvalue weighted by atomic mass is 32.2. The van der Waals surface area contributed by atoms with Gasteiger partial charge in [-0.25, -0.2) is 4.79 Å². The number of aryl methyl sites for hydroxylation is 1. The molecule has 7 nitrogen and oxygen atoms in total. The zero-order valence-electron chi connectivity index (χ0n) is 14.5. The summed E-state index contributed by atoms with van der Waals surface area (Å²) in [5.74, 6) is -2.20. The van der Waals surface area contributed by atoms with Crippen LogP contribution < -0.4 is 0 Å². The molecule has 2 heterocycles. The summed E-state index contributed by atoms with van der Waals surface area (Å²) < 4.78 is 43.9. The topological polar surface area (TPSA) is 89.9 Å². The van der Waals surface area contributed by atoms with Crippen molar-refractivity contribution in [3.8, 4) is 0 Å². The van der Waals surface area contributed by atoms with Crippen LogP contribution in [0.5, 0.6) is 0 Å². The summed E-state index contributed by atoms with van der Waals surface area (Å²) in [7, 11) is 1.18. The first-order chi connectivity index (χ1) is 12.1. The van der Waals surface area contributed by atoms with Crippen LogP contribution in [-0.2, 0) is 18.0 Å². The first-order valence-corrected chi connectivity index (χ1v) is 8.55. The molecule has 0 spiro atoms. The Hall–Kier alpha value is -2.30. The number of esters is 1. The molecule has 0 aromatic carbocycles. The lowest BCUT2D eigenvalue weighted by Crippen LogP contribution is -2.13. The van der Waals surface area contributed by atoms with Gasteiger partial charge >= 0.3 is 12.1 Å². The molecule has 26 heavy (non-hydrogen) atoms. The maximum Gasteiger partial charge on any atom is 0.451 e. The van der Waals surface area contributed by atoms with Gasteiger partial charge in [0.15, 0.2) is 10.9 Å². The molecule has 2 rings (SSSR count). The number of rotatable bonds is 6. The minimum Gasteiger partial charge on any atom is -0.462 e. The summed E-state index contributed by atoms with van der Waals surface area (Å²) in [6, 6.07) is 0. The second-order valence-electron chi connectivity index (χ2n) is 5.42. The summed E-state index contributed by atoms with van der Waals surface area (Å²) in [5.41, 5.74) is 1.45. The number of hydrogen-bond donors (Lipinski definition) is 1. The zero-order chi connectivity index (χ0) is 19.6. The Morgan fingerprint density at radius 1 is 1.27 bits per heavy atom. The van der Waals surface area contributed by atoms with Gasteiger partial charge in [-0.05, 0) is 26.3 Å². The fourth-order valence-corrected chi connectivity index (χ4v) is 3.21. The lowest BCUT2D eigenvalue weighted by molar-refractivity contribution is -0.147. The van der Waals surface area contributed by atoms with E-state index in [1.807, 2.05) is 0 Å². The Morgan fingerprint density at radius 2 is 1.92 bits per heavy atom. The monoisotopic (exact) mass is 390 g/mol. The van der Waals surface area contributed by atoms with Crippen LogP contribution in [0.1, 0.15) is 44.9 Å². The van der Waals surface area contributed by atoms with Gasteiger partial charge < -0.3 is 14.3 Å². The van der Waals surface area contributed by atoms with Crippen molar-refractivity contribution < 1.29 is 27.5 Å². The molecule has 0 radical (unpaired) electrons. The second-order valence-corrected chi connectivity index (χ2v) is 6.36. The predicted octanol–water partition coefficient (Wildman–Crippen LogP) is 2.93. The normalized spacial score (nSPS) is 11.7. The Kier molecular flexibility index (Phi) is 5.79. The van der Waals surface area contributed by atoms with E-state index >= 15 is 0 Å². The number of alkyl halides is 3. The Balaban J connectivity index is 2.16. The van der Waals surface area contributed by atoms with Crippen molar-refractivity contribution in [1.82, 2.24) is 19.7 Å². The summed E-state index contributed by atoms with van der Waals surface area (Å²) >= 11 is 0.833. The molecule has 0 atom stereocenters. The maximum atomic E-state index is 12.7. The molecule has 0 fully saturated rings. The van der Waals surface area contributed by atoms with Crippen molar-refractivity contribution in [2.45, 2.75) is 32.1 Å².